The number of para-hydroxylation sites is 1. The minimum Gasteiger partial charge on any atom is -0.452 e. The molecule has 0 aliphatic carbocycles. The summed E-state index contributed by atoms with van der Waals surface area (Å²) in [7, 11) is 0. The Kier molecular flexibility index (Phi) is 5.04. The third kappa shape index (κ3) is 3.92. The molecular weight excluding hydrogens is 356 g/mol. The molecule has 0 aliphatic rings. The molecule has 0 radical (unpaired) electrons. The first kappa shape index (κ1) is 17.7. The van der Waals surface area contributed by atoms with Crippen LogP contribution in [0, 0.1) is 6.92 Å². The van der Waals surface area contributed by atoms with Crippen molar-refractivity contribution in [1.29, 1.82) is 0 Å². The summed E-state index contributed by atoms with van der Waals surface area (Å²) in [6.07, 6.45) is 0. The number of nitrogens with one attached hydrogen (secondary N) is 2. The number of fused-ring (bicyclic) bond motifs is 1. The van der Waals surface area contributed by atoms with Gasteiger partial charge in [0.15, 0.2) is 6.61 Å². The largest absolute Gasteiger partial charge is 0.452 e. The summed E-state index contributed by atoms with van der Waals surface area (Å²) < 4.78 is 5.06. The number of carbonyl (C=O) groups is 2. The van der Waals surface area contributed by atoms with Gasteiger partial charge in [0.1, 0.15) is 0 Å². The monoisotopic (exact) mass is 370 g/mol. The number of H-pyrrole nitrogens is 1. The number of amides is 1. The van der Waals surface area contributed by atoms with E-state index in [0.29, 0.717) is 21.6 Å². The van der Waals surface area contributed by atoms with Gasteiger partial charge < -0.3 is 15.0 Å². The van der Waals surface area contributed by atoms with Crippen molar-refractivity contribution in [2.75, 3.05) is 11.9 Å². The summed E-state index contributed by atoms with van der Waals surface area (Å²) >= 11 is 5.91. The van der Waals surface area contributed by atoms with Gasteiger partial charge in [-0.25, -0.2) is 4.79 Å². The normalized spacial score (nSPS) is 10.5. The van der Waals surface area contributed by atoms with E-state index in [4.69, 9.17) is 16.3 Å². The van der Waals surface area contributed by atoms with Gasteiger partial charge in [-0.15, -0.1) is 0 Å². The van der Waals surface area contributed by atoms with Gasteiger partial charge in [-0.3, -0.25) is 9.59 Å². The van der Waals surface area contributed by atoms with Crippen molar-refractivity contribution < 1.29 is 14.3 Å². The summed E-state index contributed by atoms with van der Waals surface area (Å²) in [4.78, 5) is 38.7. The van der Waals surface area contributed by atoms with E-state index in [1.165, 1.54) is 0 Å². The molecule has 0 fully saturated rings. The number of ether oxygens (including phenoxy) is 1. The van der Waals surface area contributed by atoms with Crippen LogP contribution in [0.1, 0.15) is 15.9 Å². The SMILES string of the molecule is Cc1ccc(Cl)cc1NC(=O)COC(=O)c1cc(=O)[nH]c2ccccc12. The Morgan fingerprint density at radius 1 is 1.15 bits per heavy atom. The molecule has 0 saturated carbocycles. The Morgan fingerprint density at radius 3 is 2.73 bits per heavy atom. The minimum absolute atomic E-state index is 0.107. The Morgan fingerprint density at radius 2 is 1.92 bits per heavy atom. The van der Waals surface area contributed by atoms with Crippen LogP contribution in [0.2, 0.25) is 5.02 Å². The standard InChI is InChI=1S/C19H15ClN2O4/c1-11-6-7-12(20)8-16(11)22-18(24)10-26-19(25)14-9-17(23)21-15-5-3-2-4-13(14)15/h2-9H,10H2,1H3,(H,21,23)(H,22,24). The van der Waals surface area contributed by atoms with Crippen LogP contribution in [0.4, 0.5) is 5.69 Å². The van der Waals surface area contributed by atoms with Gasteiger partial charge in [-0.1, -0.05) is 35.9 Å². The van der Waals surface area contributed by atoms with Crippen molar-refractivity contribution in [3.8, 4) is 0 Å². The number of rotatable bonds is 4. The van der Waals surface area contributed by atoms with E-state index in [1.54, 1.807) is 42.5 Å². The number of aromatic amines is 1. The van der Waals surface area contributed by atoms with Crippen molar-refractivity contribution in [3.63, 3.8) is 0 Å². The molecule has 0 bridgehead atoms. The fraction of sp³-hybridized carbons (Fsp3) is 0.105. The second kappa shape index (κ2) is 7.41. The van der Waals surface area contributed by atoms with E-state index in [-0.39, 0.29) is 5.56 Å². The van der Waals surface area contributed by atoms with Crippen molar-refractivity contribution >= 4 is 40.1 Å². The highest BCUT2D eigenvalue weighted by Crippen LogP contribution is 2.20. The zero-order chi connectivity index (χ0) is 18.7. The number of pyridine rings is 1. The predicted octanol–water partition coefficient (Wildman–Crippen LogP) is 3.29. The Labute approximate surface area is 153 Å². The average Bonchev–Trinajstić information content (AvgIpc) is 2.62. The highest BCUT2D eigenvalue weighted by Gasteiger charge is 2.15. The molecule has 2 N–H and O–H groups in total. The van der Waals surface area contributed by atoms with Crippen LogP contribution in [-0.2, 0) is 9.53 Å². The fourth-order valence-electron chi connectivity index (χ4n) is 2.50. The second-order valence-corrected chi connectivity index (χ2v) is 6.11. The number of aromatic nitrogens is 1. The third-order valence-corrected chi connectivity index (χ3v) is 4.01. The summed E-state index contributed by atoms with van der Waals surface area (Å²) in [5.74, 6) is -1.25. The van der Waals surface area contributed by atoms with Gasteiger partial charge in [0.05, 0.1) is 5.56 Å². The molecule has 132 valence electrons. The molecule has 26 heavy (non-hydrogen) atoms. The molecule has 1 aromatic heterocycles. The van der Waals surface area contributed by atoms with Gasteiger partial charge in [-0.2, -0.15) is 0 Å². The molecule has 7 heteroatoms. The van der Waals surface area contributed by atoms with Crippen LogP contribution in [0.15, 0.2) is 53.3 Å². The molecule has 3 rings (SSSR count). The van der Waals surface area contributed by atoms with E-state index in [1.807, 2.05) is 6.92 Å². The quantitative estimate of drug-likeness (QED) is 0.690. The number of aryl methyl sites for hydroxylation is 1. The van der Waals surface area contributed by atoms with Gasteiger partial charge in [0, 0.05) is 27.7 Å². The van der Waals surface area contributed by atoms with E-state index in [9.17, 15) is 14.4 Å². The van der Waals surface area contributed by atoms with Crippen LogP contribution >= 0.6 is 11.6 Å². The first-order chi connectivity index (χ1) is 12.4. The molecule has 6 nitrogen and oxygen atoms in total. The zero-order valence-corrected chi connectivity index (χ0v) is 14.6. The second-order valence-electron chi connectivity index (χ2n) is 5.68. The Balaban J connectivity index is 1.72. The number of anilines is 1. The number of benzene rings is 2. The molecule has 3 aromatic rings. The van der Waals surface area contributed by atoms with E-state index >= 15 is 0 Å². The van der Waals surface area contributed by atoms with Gasteiger partial charge in [-0.05, 0) is 30.7 Å². The summed E-state index contributed by atoms with van der Waals surface area (Å²) in [6, 6.07) is 13.1. The molecular formula is C19H15ClN2O4. The highest BCUT2D eigenvalue weighted by molar-refractivity contribution is 6.31. The first-order valence-electron chi connectivity index (χ1n) is 7.79. The molecule has 0 atom stereocenters. The Hall–Kier alpha value is -3.12. The zero-order valence-electron chi connectivity index (χ0n) is 13.8. The van der Waals surface area contributed by atoms with E-state index in [2.05, 4.69) is 10.3 Å². The van der Waals surface area contributed by atoms with Crippen LogP contribution in [0.3, 0.4) is 0 Å². The van der Waals surface area contributed by atoms with E-state index < -0.39 is 24.0 Å². The summed E-state index contributed by atoms with van der Waals surface area (Å²) in [5.41, 5.74) is 1.58. The predicted molar refractivity (Wildman–Crippen MR) is 99.7 cm³/mol. The van der Waals surface area contributed by atoms with Gasteiger partial charge in [0.25, 0.3) is 5.91 Å². The molecule has 2 aromatic carbocycles. The van der Waals surface area contributed by atoms with Gasteiger partial charge in [0.2, 0.25) is 5.56 Å². The lowest BCUT2D eigenvalue weighted by Gasteiger charge is -2.10. The lowest BCUT2D eigenvalue weighted by atomic mass is 10.1. The number of carbonyl (C=O) groups excluding carboxylic acids is 2. The maximum atomic E-state index is 12.3. The summed E-state index contributed by atoms with van der Waals surface area (Å²) in [5, 5.41) is 3.67. The van der Waals surface area contributed by atoms with Crippen molar-refractivity contribution in [2.24, 2.45) is 0 Å². The van der Waals surface area contributed by atoms with Crippen LogP contribution in [-0.4, -0.2) is 23.5 Å². The van der Waals surface area contributed by atoms with E-state index in [0.717, 1.165) is 11.6 Å². The lowest BCUT2D eigenvalue weighted by Crippen LogP contribution is -2.22. The molecule has 0 saturated heterocycles. The first-order valence-corrected chi connectivity index (χ1v) is 8.17. The molecule has 0 spiro atoms. The van der Waals surface area contributed by atoms with Crippen LogP contribution in [0.5, 0.6) is 0 Å². The van der Waals surface area contributed by atoms with Gasteiger partial charge >= 0.3 is 5.97 Å². The highest BCUT2D eigenvalue weighted by atomic mass is 35.5. The smallest absolute Gasteiger partial charge is 0.339 e. The number of hydrogen-bond donors (Lipinski definition) is 2. The molecule has 1 amide bonds. The van der Waals surface area contributed by atoms with Crippen LogP contribution < -0.4 is 10.9 Å². The maximum Gasteiger partial charge on any atom is 0.339 e. The van der Waals surface area contributed by atoms with Crippen molar-refractivity contribution in [2.45, 2.75) is 6.92 Å². The molecule has 1 heterocycles. The fourth-order valence-corrected chi connectivity index (χ4v) is 2.67. The van der Waals surface area contributed by atoms with Crippen molar-refractivity contribution in [3.05, 3.63) is 75.0 Å². The lowest BCUT2D eigenvalue weighted by molar-refractivity contribution is -0.119. The average molecular weight is 371 g/mol. The Bertz CT molecular complexity index is 1060. The summed E-state index contributed by atoms with van der Waals surface area (Å²) in [6.45, 7) is 1.34. The van der Waals surface area contributed by atoms with Crippen molar-refractivity contribution in [1.82, 2.24) is 4.98 Å². The minimum atomic E-state index is -0.745. The maximum absolute atomic E-state index is 12.3. The number of hydrogen-bond acceptors (Lipinski definition) is 4. The third-order valence-electron chi connectivity index (χ3n) is 3.78. The number of esters is 1. The van der Waals surface area contributed by atoms with Crippen LogP contribution in [0.25, 0.3) is 10.9 Å². The molecule has 0 unspecified atom stereocenters. The number of halogens is 1. The molecule has 0 aliphatic heterocycles. The topological polar surface area (TPSA) is 88.3 Å².